The van der Waals surface area contributed by atoms with Crippen molar-refractivity contribution < 1.29 is 63.3 Å². The van der Waals surface area contributed by atoms with Gasteiger partial charge in [0.2, 0.25) is 53.2 Å². The third kappa shape index (κ3) is 19.3. The Morgan fingerprint density at radius 1 is 0.684 bits per heavy atom. The Morgan fingerprint density at radius 2 is 1.22 bits per heavy atom. The Bertz CT molecular complexity index is 2160. The van der Waals surface area contributed by atoms with Gasteiger partial charge in [-0.05, 0) is 75.3 Å². The Balaban J connectivity index is 1.83. The van der Waals surface area contributed by atoms with Gasteiger partial charge in [0.25, 0.3) is 0 Å². The molecule has 2 fully saturated rings. The quantitative estimate of drug-likeness (QED) is 0.0351. The number of carbonyl (C=O) groups is 10. The third-order valence-corrected chi connectivity index (χ3v) is 14.4. The fraction of sp³-hybridized carbons (Fsp3) is 0.686. The molecule has 1 aromatic rings. The maximum Gasteiger partial charge on any atom is 0.326 e. The number of hydrogen-bond donors (Lipinski definition) is 13. The predicted molar refractivity (Wildman–Crippen MR) is 283 cm³/mol. The maximum absolute atomic E-state index is 14.3. The lowest BCUT2D eigenvalue weighted by Crippen LogP contribution is -2.61. The van der Waals surface area contributed by atoms with E-state index in [-0.39, 0.29) is 44.0 Å². The zero-order valence-corrected chi connectivity index (χ0v) is 45.7. The minimum Gasteiger partial charge on any atom is -0.480 e. The summed E-state index contributed by atoms with van der Waals surface area (Å²) < 4.78 is 0. The summed E-state index contributed by atoms with van der Waals surface area (Å²) in [4.78, 5) is 137. The molecule has 9 amide bonds. The number of nitrogens with two attached hydrogens (primary N) is 2. The van der Waals surface area contributed by atoms with Crippen molar-refractivity contribution in [3.8, 4) is 0 Å². The summed E-state index contributed by atoms with van der Waals surface area (Å²) >= 11 is 4.00. The van der Waals surface area contributed by atoms with E-state index in [4.69, 9.17) is 11.5 Å². The summed E-state index contributed by atoms with van der Waals surface area (Å²) in [5.41, 5.74) is 12.1. The summed E-state index contributed by atoms with van der Waals surface area (Å²) in [6, 6.07) is -2.78. The van der Waals surface area contributed by atoms with E-state index in [2.05, 4.69) is 49.8 Å². The molecule has 13 atom stereocenters. The number of nitrogens with one attached hydrogen (secondary N) is 7. The van der Waals surface area contributed by atoms with Crippen LogP contribution < -0.4 is 48.7 Å². The van der Waals surface area contributed by atoms with Crippen LogP contribution in [0.4, 0.5) is 0 Å². The van der Waals surface area contributed by atoms with Gasteiger partial charge < -0.3 is 68.9 Å². The number of likely N-dealkylation sites (tertiary alicyclic amines) is 2. The van der Waals surface area contributed by atoms with Gasteiger partial charge in [-0.25, -0.2) is 4.79 Å². The van der Waals surface area contributed by atoms with E-state index in [1.165, 1.54) is 11.8 Å². The van der Waals surface area contributed by atoms with Gasteiger partial charge in [0.1, 0.15) is 42.3 Å². The molecule has 2 aliphatic heterocycles. The van der Waals surface area contributed by atoms with E-state index in [9.17, 15) is 63.3 Å². The summed E-state index contributed by atoms with van der Waals surface area (Å²) in [5.74, 6) is -9.24. The number of aliphatic hydroxyl groups is 2. The highest BCUT2D eigenvalue weighted by Crippen LogP contribution is 2.22. The fourth-order valence-electron chi connectivity index (χ4n) is 9.22. The van der Waals surface area contributed by atoms with Crippen LogP contribution in [0.2, 0.25) is 0 Å². The topological polar surface area (TPSA) is 374 Å². The molecular weight excluding hydrogens is 1010 g/mol. The maximum atomic E-state index is 14.3. The van der Waals surface area contributed by atoms with Gasteiger partial charge in [-0.2, -0.15) is 12.6 Å². The number of nitrogens with zero attached hydrogens (tertiary/aromatic N) is 2. The first-order chi connectivity index (χ1) is 35.9. The molecule has 2 heterocycles. The highest BCUT2D eigenvalue weighted by atomic mass is 32.1. The Morgan fingerprint density at radius 3 is 1.79 bits per heavy atom. The first-order valence-electron chi connectivity index (χ1n) is 26.2. The predicted octanol–water partition coefficient (Wildman–Crippen LogP) is -2.19. The van der Waals surface area contributed by atoms with Crippen molar-refractivity contribution in [2.45, 2.75) is 173 Å². The van der Waals surface area contributed by atoms with Gasteiger partial charge in [0, 0.05) is 24.9 Å². The van der Waals surface area contributed by atoms with Crippen molar-refractivity contribution in [3.05, 3.63) is 35.9 Å². The van der Waals surface area contributed by atoms with Crippen LogP contribution in [0.5, 0.6) is 0 Å². The van der Waals surface area contributed by atoms with Crippen molar-refractivity contribution >= 4 is 71.8 Å². The van der Waals surface area contributed by atoms with Crippen molar-refractivity contribution in [1.82, 2.24) is 47.0 Å². The largest absolute Gasteiger partial charge is 0.480 e. The number of rotatable bonds is 31. The van der Waals surface area contributed by atoms with Gasteiger partial charge in [-0.15, -0.1) is 0 Å². The highest BCUT2D eigenvalue weighted by molar-refractivity contribution is 7.80. The molecule has 0 bridgehead atoms. The van der Waals surface area contributed by atoms with E-state index in [1.54, 1.807) is 34.6 Å². The molecule has 1 aromatic carbocycles. The molecule has 0 unspecified atom stereocenters. The lowest BCUT2D eigenvalue weighted by atomic mass is 9.97. The average Bonchev–Trinajstić information content (AvgIpc) is 4.07. The summed E-state index contributed by atoms with van der Waals surface area (Å²) in [6.07, 6.45) is 0.723. The van der Waals surface area contributed by atoms with E-state index < -0.39 is 151 Å². The molecule has 14 N–H and O–H groups in total. The number of benzene rings is 1. The Kier molecular flexibility index (Phi) is 26.6. The number of carboxylic acid groups (broad SMARTS) is 1. The molecular formula is C51H83N11O13S. The second-order valence-electron chi connectivity index (χ2n) is 20.5. The molecule has 0 aliphatic carbocycles. The van der Waals surface area contributed by atoms with E-state index in [0.29, 0.717) is 38.6 Å². The van der Waals surface area contributed by atoms with Crippen LogP contribution in [0.1, 0.15) is 105 Å². The molecule has 3 rings (SSSR count). The highest BCUT2D eigenvalue weighted by Gasteiger charge is 2.42. The number of carbonyl (C=O) groups excluding carboxylic acids is 9. The van der Waals surface area contributed by atoms with Crippen LogP contribution in [0.15, 0.2) is 30.3 Å². The summed E-state index contributed by atoms with van der Waals surface area (Å²) in [6.45, 7) is 11.6. The lowest BCUT2D eigenvalue weighted by Gasteiger charge is -2.33. The first-order valence-corrected chi connectivity index (χ1v) is 26.9. The van der Waals surface area contributed by atoms with Crippen LogP contribution in [-0.2, 0) is 54.4 Å². The molecule has 0 saturated carbocycles. The number of aliphatic hydroxyl groups excluding tert-OH is 2. The third-order valence-electron chi connectivity index (χ3n) is 14.0. The number of amides is 9. The Labute approximate surface area is 450 Å². The van der Waals surface area contributed by atoms with Crippen molar-refractivity contribution in [2.75, 3.05) is 32.0 Å². The van der Waals surface area contributed by atoms with E-state index >= 15 is 0 Å². The minimum absolute atomic E-state index is 0.0452. The molecule has 0 radical (unpaired) electrons. The van der Waals surface area contributed by atoms with Gasteiger partial charge in [0.05, 0.1) is 31.2 Å². The van der Waals surface area contributed by atoms with Crippen LogP contribution in [-0.4, -0.2) is 183 Å². The monoisotopic (exact) mass is 1090 g/mol. The molecule has 2 aliphatic rings. The van der Waals surface area contributed by atoms with Crippen molar-refractivity contribution in [1.29, 1.82) is 0 Å². The van der Waals surface area contributed by atoms with Crippen molar-refractivity contribution in [2.24, 2.45) is 29.2 Å². The molecule has 25 heteroatoms. The fourth-order valence-corrected chi connectivity index (χ4v) is 9.38. The van der Waals surface area contributed by atoms with Crippen molar-refractivity contribution in [3.63, 3.8) is 0 Å². The van der Waals surface area contributed by atoms with Crippen LogP contribution >= 0.6 is 12.6 Å². The standard InChI is InChI=1S/C51H83N11O13S/c1-8-28(5)40(48(71)57-36(25-63)50(73)62-20-14-18-38(62)47(70)59-41(51(74)75)29(6)9-2)58-46(69)37-17-13-19-61(37)24-32(22-31-15-11-10-12-16-31)54-44(67)35(23-39(53)65)55-45(68)34(21-27(3)4)56-49(72)42(30(7)64)60-43(66)33(52)26-76/h10-12,15-16,27-30,32-38,40-42,63-64,76H,8-9,13-14,17-26,52H2,1-7H3,(H2,53,65)(H,54,67)(H,55,68)(H,56,72)(H,57,71)(H,58,69)(H,59,70)(H,60,66)(H,74,75)/t28-,29-,30+,32-,33-,34-,35-,36-,37-,38-,40-,41-,42-/m0/s1. The van der Waals surface area contributed by atoms with Crippen LogP contribution in [0, 0.1) is 17.8 Å². The molecule has 0 aromatic heterocycles. The van der Waals surface area contributed by atoms with Gasteiger partial charge >= 0.3 is 5.97 Å². The van der Waals surface area contributed by atoms with E-state index in [0.717, 1.165) is 5.56 Å². The minimum atomic E-state index is -1.54. The lowest BCUT2D eigenvalue weighted by molar-refractivity contribution is -0.146. The average molecular weight is 1090 g/mol. The van der Waals surface area contributed by atoms with Crippen LogP contribution in [0.3, 0.4) is 0 Å². The zero-order valence-electron chi connectivity index (χ0n) is 44.8. The molecule has 426 valence electrons. The van der Waals surface area contributed by atoms with Gasteiger partial charge in [0.15, 0.2) is 0 Å². The molecule has 76 heavy (non-hydrogen) atoms. The normalized spacial score (nSPS) is 20.0. The summed E-state index contributed by atoms with van der Waals surface area (Å²) in [7, 11) is 0. The molecule has 2 saturated heterocycles. The van der Waals surface area contributed by atoms with Crippen LogP contribution in [0.25, 0.3) is 0 Å². The van der Waals surface area contributed by atoms with Gasteiger partial charge in [-0.1, -0.05) is 84.7 Å². The number of thiol groups is 1. The smallest absolute Gasteiger partial charge is 0.326 e. The second kappa shape index (κ2) is 31.4. The van der Waals surface area contributed by atoms with Gasteiger partial charge in [-0.3, -0.25) is 48.1 Å². The SMILES string of the molecule is CC[C@H](C)[C@H](NC(=O)[C@@H]1CCCN1C(=O)[C@H](CO)NC(=O)[C@@H](NC(=O)[C@@H]1CCCN1C[C@H](Cc1ccccc1)NC(=O)[C@H](CC(N)=O)NC(=O)[C@H](CC(C)C)NC(=O)[C@@H](NC(=O)[C@@H](N)CS)[C@@H](C)O)[C@@H](C)CC)C(=O)O. The summed E-state index contributed by atoms with van der Waals surface area (Å²) in [5, 5.41) is 49.0. The number of hydrogen-bond acceptors (Lipinski definition) is 15. The van der Waals surface area contributed by atoms with E-state index in [1.807, 2.05) is 42.2 Å². The number of aliphatic carboxylic acids is 1. The zero-order chi connectivity index (χ0) is 57.0. The Hall–Kier alpha value is -5.89. The first kappa shape index (κ1) is 64.4. The molecule has 24 nitrogen and oxygen atoms in total. The number of carboxylic acids is 1. The number of primary amides is 1. The molecule has 0 spiro atoms. The second-order valence-corrected chi connectivity index (χ2v) is 20.9.